The largest absolute Gasteiger partial charge is 0.103 e. The molecule has 6 atom stereocenters. The van der Waals surface area contributed by atoms with Crippen molar-refractivity contribution >= 4 is 15.9 Å². The lowest BCUT2D eigenvalue weighted by Gasteiger charge is -2.64. The maximum atomic E-state index is 4.22. The molecule has 4 aliphatic carbocycles. The summed E-state index contributed by atoms with van der Waals surface area (Å²) in [7, 11) is 0. The zero-order valence-electron chi connectivity index (χ0n) is 25.0. The maximum absolute atomic E-state index is 4.22. The fourth-order valence-corrected chi connectivity index (χ4v) is 8.89. The Kier molecular flexibility index (Phi) is 8.73. The normalized spacial score (nSPS) is 40.2. The number of rotatable bonds is 8. The molecule has 39 heavy (non-hydrogen) atoms. The van der Waals surface area contributed by atoms with E-state index in [0.717, 1.165) is 25.7 Å². The Bertz CT molecular complexity index is 1210. The smallest absolute Gasteiger partial charge is 0.0594 e. The van der Waals surface area contributed by atoms with Gasteiger partial charge in [0.15, 0.2) is 0 Å². The molecule has 4 aliphatic rings. The first kappa shape index (κ1) is 29.9. The molecular weight excluding hydrogens is 536 g/mol. The van der Waals surface area contributed by atoms with Gasteiger partial charge in [-0.3, -0.25) is 0 Å². The number of hydrogen-bond donors (Lipinski definition) is 0. The summed E-state index contributed by atoms with van der Waals surface area (Å²) in [5.41, 5.74) is 4.82. The zero-order chi connectivity index (χ0) is 28.4. The van der Waals surface area contributed by atoms with E-state index in [9.17, 15) is 0 Å². The van der Waals surface area contributed by atoms with Gasteiger partial charge in [-0.05, 0) is 96.2 Å². The van der Waals surface area contributed by atoms with Gasteiger partial charge in [0.25, 0.3) is 0 Å². The molecule has 2 saturated carbocycles. The van der Waals surface area contributed by atoms with Crippen molar-refractivity contribution in [3.8, 4) is 0 Å². The number of alkyl halides is 1. The van der Waals surface area contributed by atoms with Crippen LogP contribution in [0.1, 0.15) is 79.6 Å². The van der Waals surface area contributed by atoms with E-state index in [-0.39, 0.29) is 26.0 Å². The molecule has 2 fully saturated rings. The minimum absolute atomic E-state index is 0.0349. The average molecular weight is 586 g/mol. The molecule has 208 valence electrons. The fraction of sp³-hybridized carbons (Fsp3) is 0.474. The Morgan fingerprint density at radius 2 is 1.72 bits per heavy atom. The third-order valence-electron chi connectivity index (χ3n) is 9.62. The molecule has 0 aromatic rings. The molecule has 6 unspecified atom stereocenters. The summed E-state index contributed by atoms with van der Waals surface area (Å²) in [5, 5.41) is 0. The van der Waals surface area contributed by atoms with Crippen LogP contribution in [0.3, 0.4) is 0 Å². The Labute approximate surface area is 247 Å². The van der Waals surface area contributed by atoms with Crippen LogP contribution < -0.4 is 0 Å². The first-order valence-electron chi connectivity index (χ1n) is 14.9. The number of fused-ring (bicyclic) bond motifs is 2. The van der Waals surface area contributed by atoms with Gasteiger partial charge in [-0.25, -0.2) is 0 Å². The molecule has 0 N–H and O–H groups in total. The molecule has 2 bridgehead atoms. The first-order chi connectivity index (χ1) is 18.4. The second-order valence-corrected chi connectivity index (χ2v) is 15.4. The lowest BCUT2D eigenvalue weighted by molar-refractivity contribution is -0.0691. The van der Waals surface area contributed by atoms with Crippen LogP contribution in [-0.4, -0.2) is 4.32 Å². The highest BCUT2D eigenvalue weighted by molar-refractivity contribution is 9.10. The van der Waals surface area contributed by atoms with Gasteiger partial charge >= 0.3 is 0 Å². The van der Waals surface area contributed by atoms with Crippen LogP contribution in [0, 0.1) is 27.6 Å². The van der Waals surface area contributed by atoms with Crippen LogP contribution in [0.2, 0.25) is 0 Å². The maximum Gasteiger partial charge on any atom is 0.0594 e. The van der Waals surface area contributed by atoms with Crippen LogP contribution in [-0.2, 0) is 0 Å². The van der Waals surface area contributed by atoms with Gasteiger partial charge in [-0.1, -0.05) is 141 Å². The minimum atomic E-state index is -0.114. The second-order valence-electron chi connectivity index (χ2n) is 13.7. The Morgan fingerprint density at radius 3 is 2.44 bits per heavy atom. The second kappa shape index (κ2) is 11.4. The predicted molar refractivity (Wildman–Crippen MR) is 176 cm³/mol. The average Bonchev–Trinajstić information content (AvgIpc) is 3.18. The summed E-state index contributed by atoms with van der Waals surface area (Å²) < 4.78 is -0.114. The van der Waals surface area contributed by atoms with Crippen LogP contribution in [0.5, 0.6) is 0 Å². The first-order valence-corrected chi connectivity index (χ1v) is 15.7. The van der Waals surface area contributed by atoms with Crippen molar-refractivity contribution in [2.24, 2.45) is 27.6 Å². The lowest BCUT2D eigenvalue weighted by Crippen LogP contribution is -2.54. The van der Waals surface area contributed by atoms with Crippen LogP contribution >= 0.6 is 15.9 Å². The topological polar surface area (TPSA) is 0 Å². The van der Waals surface area contributed by atoms with Crippen molar-refractivity contribution in [1.82, 2.24) is 0 Å². The zero-order valence-corrected chi connectivity index (χ0v) is 26.6. The third-order valence-corrected chi connectivity index (χ3v) is 10.1. The Hall–Kier alpha value is -2.12. The van der Waals surface area contributed by atoms with E-state index in [0.29, 0.717) is 5.92 Å². The predicted octanol–water partition coefficient (Wildman–Crippen LogP) is 11.5. The highest BCUT2D eigenvalue weighted by Gasteiger charge is 2.61. The van der Waals surface area contributed by atoms with E-state index >= 15 is 0 Å². The van der Waals surface area contributed by atoms with Gasteiger partial charge in [0.2, 0.25) is 0 Å². The van der Waals surface area contributed by atoms with E-state index < -0.39 is 0 Å². The van der Waals surface area contributed by atoms with E-state index in [4.69, 9.17) is 0 Å². The summed E-state index contributed by atoms with van der Waals surface area (Å²) in [6.45, 7) is 20.1. The molecular formula is C38H49Br. The third kappa shape index (κ3) is 6.30. The summed E-state index contributed by atoms with van der Waals surface area (Å²) in [6, 6.07) is 0. The van der Waals surface area contributed by atoms with E-state index in [2.05, 4.69) is 149 Å². The monoisotopic (exact) mass is 584 g/mol. The van der Waals surface area contributed by atoms with E-state index in [1.807, 2.05) is 6.08 Å². The van der Waals surface area contributed by atoms with Crippen molar-refractivity contribution in [3.05, 3.63) is 121 Å². The van der Waals surface area contributed by atoms with E-state index in [1.165, 1.54) is 36.0 Å². The van der Waals surface area contributed by atoms with Crippen molar-refractivity contribution in [2.45, 2.75) is 83.9 Å². The number of halogens is 1. The van der Waals surface area contributed by atoms with Crippen molar-refractivity contribution in [1.29, 1.82) is 0 Å². The highest BCUT2D eigenvalue weighted by atomic mass is 79.9. The molecule has 0 aliphatic heterocycles. The SMILES string of the molecule is C=C/C=C\C(=C/CC)C12CC(C)(CC=C)CC(C3=CC=CC(C)C=C3)(CC(C)(C3=CC=CC(C)(Br)C=C3)C1)C2. The van der Waals surface area contributed by atoms with Crippen LogP contribution in [0.25, 0.3) is 0 Å². The van der Waals surface area contributed by atoms with Crippen molar-refractivity contribution in [2.75, 3.05) is 0 Å². The standard InChI is InChI=1S/C38H49Br/c1-8-11-16-32(14-9-2)37-25-34(5,22-10-3)26-38(29-37,33-17-12-15-30(4)19-20-33)28-35(6,27-37)31-18-13-23-36(7,39)24-21-31/h8,10-21,23-24,30H,1,3,9,22,25-29H2,2,4-7H3/b16-11-,32-14+. The Morgan fingerprint density at radius 1 is 0.949 bits per heavy atom. The van der Waals surface area contributed by atoms with Gasteiger partial charge < -0.3 is 0 Å². The minimum Gasteiger partial charge on any atom is -0.103 e. The fourth-order valence-electron chi connectivity index (χ4n) is 8.61. The Balaban J connectivity index is 1.98. The molecule has 0 nitrogen and oxygen atoms in total. The molecule has 0 heterocycles. The summed E-state index contributed by atoms with van der Waals surface area (Å²) in [6.07, 6.45) is 42.7. The van der Waals surface area contributed by atoms with E-state index in [1.54, 1.807) is 0 Å². The number of allylic oxidation sites excluding steroid dienone is 18. The molecule has 0 aromatic heterocycles. The summed E-state index contributed by atoms with van der Waals surface area (Å²) >= 11 is 3.89. The molecule has 0 saturated heterocycles. The van der Waals surface area contributed by atoms with Gasteiger partial charge in [0.1, 0.15) is 0 Å². The molecule has 4 rings (SSSR count). The molecule has 0 amide bonds. The van der Waals surface area contributed by atoms with Gasteiger partial charge in [0, 0.05) is 0 Å². The summed E-state index contributed by atoms with van der Waals surface area (Å²) in [5.74, 6) is 0.457. The number of hydrogen-bond acceptors (Lipinski definition) is 0. The quantitative estimate of drug-likeness (QED) is 0.151. The van der Waals surface area contributed by atoms with Gasteiger partial charge in [-0.2, -0.15) is 0 Å². The lowest BCUT2D eigenvalue weighted by atomic mass is 9.39. The van der Waals surface area contributed by atoms with Crippen LogP contribution in [0.15, 0.2) is 121 Å². The van der Waals surface area contributed by atoms with Crippen molar-refractivity contribution < 1.29 is 0 Å². The van der Waals surface area contributed by atoms with Gasteiger partial charge in [-0.15, -0.1) is 6.58 Å². The molecule has 1 heteroatoms. The molecule has 0 aromatic carbocycles. The van der Waals surface area contributed by atoms with Crippen molar-refractivity contribution in [3.63, 3.8) is 0 Å². The van der Waals surface area contributed by atoms with Gasteiger partial charge in [0.05, 0.1) is 4.32 Å². The molecule has 0 spiro atoms. The summed E-state index contributed by atoms with van der Waals surface area (Å²) in [4.78, 5) is 0. The highest BCUT2D eigenvalue weighted by Crippen LogP contribution is 2.72. The van der Waals surface area contributed by atoms with Crippen LogP contribution in [0.4, 0.5) is 0 Å². The molecule has 0 radical (unpaired) electrons.